The van der Waals surface area contributed by atoms with E-state index in [2.05, 4.69) is 10.5 Å². The number of fused-ring (bicyclic) bond motifs is 1. The van der Waals surface area contributed by atoms with Gasteiger partial charge in [0.05, 0.1) is 0 Å². The molecule has 2 heterocycles. The second-order valence-corrected chi connectivity index (χ2v) is 4.26. The monoisotopic (exact) mass is 272 g/mol. The van der Waals surface area contributed by atoms with Gasteiger partial charge in [0, 0.05) is 12.1 Å². The molecule has 1 aromatic heterocycles. The normalized spacial score (nSPS) is 12.8. The maximum Gasteiger partial charge on any atom is 0.249 e. The highest BCUT2D eigenvalue weighted by atomic mass is 16.7. The third-order valence-electron chi connectivity index (χ3n) is 2.70. The predicted molar refractivity (Wildman–Crippen MR) is 71.5 cm³/mol. The molecule has 1 aliphatic rings. The molecule has 1 aromatic carbocycles. The first-order chi connectivity index (χ1) is 9.70. The molecule has 0 unspecified atom stereocenters. The Hall–Kier alpha value is -2.76. The molecule has 6 heteroatoms. The molecular formula is C14H12N2O4. The van der Waals surface area contributed by atoms with Crippen molar-refractivity contribution in [2.75, 3.05) is 12.1 Å². The van der Waals surface area contributed by atoms with E-state index >= 15 is 0 Å². The number of carbonyl (C=O) groups is 1. The summed E-state index contributed by atoms with van der Waals surface area (Å²) in [5, 5.41) is 6.28. The van der Waals surface area contributed by atoms with Crippen molar-refractivity contribution in [1.29, 1.82) is 0 Å². The Kier molecular flexibility index (Phi) is 3.12. The van der Waals surface area contributed by atoms with Crippen molar-refractivity contribution >= 4 is 17.8 Å². The Morgan fingerprint density at radius 1 is 1.30 bits per heavy atom. The van der Waals surface area contributed by atoms with Gasteiger partial charge in [-0.3, -0.25) is 4.79 Å². The van der Waals surface area contributed by atoms with Crippen LogP contribution in [0.5, 0.6) is 11.5 Å². The van der Waals surface area contributed by atoms with E-state index in [0.717, 1.165) is 5.56 Å². The summed E-state index contributed by atoms with van der Waals surface area (Å²) < 4.78 is 15.3. The van der Waals surface area contributed by atoms with E-state index in [1.165, 1.54) is 6.08 Å². The van der Waals surface area contributed by atoms with Crippen molar-refractivity contribution in [2.45, 2.75) is 6.92 Å². The second-order valence-electron chi connectivity index (χ2n) is 4.26. The highest BCUT2D eigenvalue weighted by Gasteiger charge is 2.12. The Balaban J connectivity index is 1.66. The summed E-state index contributed by atoms with van der Waals surface area (Å²) in [4.78, 5) is 11.7. The Morgan fingerprint density at radius 3 is 2.95 bits per heavy atom. The first-order valence-electron chi connectivity index (χ1n) is 6.03. The van der Waals surface area contributed by atoms with Crippen LogP contribution in [0.15, 0.2) is 34.9 Å². The van der Waals surface area contributed by atoms with Crippen LogP contribution in [0.3, 0.4) is 0 Å². The highest BCUT2D eigenvalue weighted by molar-refractivity contribution is 6.01. The van der Waals surface area contributed by atoms with E-state index in [-0.39, 0.29) is 12.7 Å². The minimum atomic E-state index is -0.282. The molecule has 0 atom stereocenters. The van der Waals surface area contributed by atoms with Gasteiger partial charge < -0.3 is 19.3 Å². The zero-order chi connectivity index (χ0) is 13.9. The average molecular weight is 272 g/mol. The van der Waals surface area contributed by atoms with Crippen LogP contribution in [0.4, 0.5) is 5.82 Å². The molecule has 0 radical (unpaired) electrons. The lowest BCUT2D eigenvalue weighted by atomic mass is 10.2. The molecule has 0 saturated heterocycles. The van der Waals surface area contributed by atoms with Gasteiger partial charge >= 0.3 is 0 Å². The number of hydrogen-bond acceptors (Lipinski definition) is 5. The number of carbonyl (C=O) groups excluding carboxylic acids is 1. The first-order valence-corrected chi connectivity index (χ1v) is 6.03. The molecule has 0 bridgehead atoms. The smallest absolute Gasteiger partial charge is 0.249 e. The van der Waals surface area contributed by atoms with Gasteiger partial charge in [0.15, 0.2) is 17.3 Å². The molecule has 3 rings (SSSR count). The summed E-state index contributed by atoms with van der Waals surface area (Å²) in [5.74, 6) is 2.14. The van der Waals surface area contributed by atoms with E-state index in [4.69, 9.17) is 14.0 Å². The van der Waals surface area contributed by atoms with Gasteiger partial charge in [-0.25, -0.2) is 0 Å². The number of benzene rings is 1. The lowest BCUT2D eigenvalue weighted by Crippen LogP contribution is -2.07. The molecule has 0 saturated carbocycles. The summed E-state index contributed by atoms with van der Waals surface area (Å²) in [5.41, 5.74) is 0.848. The predicted octanol–water partition coefficient (Wildman–Crippen LogP) is 2.36. The first kappa shape index (κ1) is 12.3. The van der Waals surface area contributed by atoms with Crippen LogP contribution in [0, 0.1) is 6.92 Å². The van der Waals surface area contributed by atoms with E-state index in [0.29, 0.717) is 23.1 Å². The molecule has 0 spiro atoms. The Morgan fingerprint density at radius 2 is 2.15 bits per heavy atom. The quantitative estimate of drug-likeness (QED) is 0.868. The number of aryl methyl sites for hydroxylation is 1. The number of aromatic nitrogens is 1. The molecule has 6 nitrogen and oxygen atoms in total. The van der Waals surface area contributed by atoms with Crippen molar-refractivity contribution in [3.8, 4) is 11.5 Å². The number of ether oxygens (including phenoxy) is 2. The highest BCUT2D eigenvalue weighted by Crippen LogP contribution is 2.32. The van der Waals surface area contributed by atoms with Gasteiger partial charge in [-0.15, -0.1) is 0 Å². The van der Waals surface area contributed by atoms with Gasteiger partial charge in [-0.2, -0.15) is 0 Å². The minimum absolute atomic E-state index is 0.231. The van der Waals surface area contributed by atoms with E-state index in [1.54, 1.807) is 25.1 Å². The van der Waals surface area contributed by atoms with Crippen LogP contribution in [-0.4, -0.2) is 17.9 Å². The zero-order valence-corrected chi connectivity index (χ0v) is 10.8. The van der Waals surface area contributed by atoms with Crippen LogP contribution in [0.1, 0.15) is 11.3 Å². The summed E-state index contributed by atoms with van der Waals surface area (Å²) in [6.07, 6.45) is 3.10. The van der Waals surface area contributed by atoms with Gasteiger partial charge in [0.1, 0.15) is 5.76 Å². The molecule has 1 amide bonds. The van der Waals surface area contributed by atoms with Crippen molar-refractivity contribution in [3.05, 3.63) is 41.7 Å². The maximum atomic E-state index is 11.7. The van der Waals surface area contributed by atoms with Crippen LogP contribution in [0.25, 0.3) is 6.08 Å². The molecule has 1 aliphatic heterocycles. The van der Waals surface area contributed by atoms with Gasteiger partial charge in [-0.1, -0.05) is 11.2 Å². The molecule has 20 heavy (non-hydrogen) atoms. The number of nitrogens with one attached hydrogen (secondary N) is 1. The number of amides is 1. The van der Waals surface area contributed by atoms with Crippen molar-refractivity contribution in [1.82, 2.24) is 5.16 Å². The van der Waals surface area contributed by atoms with E-state index in [9.17, 15) is 4.79 Å². The summed E-state index contributed by atoms with van der Waals surface area (Å²) in [7, 11) is 0. The van der Waals surface area contributed by atoms with Crippen molar-refractivity contribution in [3.63, 3.8) is 0 Å². The zero-order valence-electron chi connectivity index (χ0n) is 10.8. The standard InChI is InChI=1S/C14H12N2O4/c1-9-6-13(16-20-9)15-14(17)5-3-10-2-4-11-12(7-10)19-8-18-11/h2-7H,8H2,1H3,(H,15,16,17)/b5-3+. The third kappa shape index (κ3) is 2.64. The van der Waals surface area contributed by atoms with E-state index < -0.39 is 0 Å². The topological polar surface area (TPSA) is 73.6 Å². The lowest BCUT2D eigenvalue weighted by Gasteiger charge is -1.98. The average Bonchev–Trinajstić information content (AvgIpc) is 3.04. The molecule has 102 valence electrons. The molecule has 2 aromatic rings. The number of anilines is 1. The fourth-order valence-corrected chi connectivity index (χ4v) is 1.78. The molecular weight excluding hydrogens is 260 g/mol. The number of rotatable bonds is 3. The van der Waals surface area contributed by atoms with Crippen LogP contribution < -0.4 is 14.8 Å². The SMILES string of the molecule is Cc1cc(NC(=O)/C=C/c2ccc3c(c2)OCO3)no1. The number of hydrogen-bond donors (Lipinski definition) is 1. The summed E-state index contributed by atoms with van der Waals surface area (Å²) >= 11 is 0. The molecule has 0 fully saturated rings. The van der Waals surface area contributed by atoms with Crippen LogP contribution in [0.2, 0.25) is 0 Å². The second kappa shape index (κ2) is 5.08. The summed E-state index contributed by atoms with van der Waals surface area (Å²) in [6.45, 7) is 1.99. The lowest BCUT2D eigenvalue weighted by molar-refractivity contribution is -0.111. The van der Waals surface area contributed by atoms with Crippen LogP contribution in [-0.2, 0) is 4.79 Å². The van der Waals surface area contributed by atoms with E-state index in [1.807, 2.05) is 12.1 Å². The fourth-order valence-electron chi connectivity index (χ4n) is 1.78. The van der Waals surface area contributed by atoms with Gasteiger partial charge in [0.2, 0.25) is 12.7 Å². The van der Waals surface area contributed by atoms with Gasteiger partial charge in [0.25, 0.3) is 0 Å². The Bertz CT molecular complexity index is 676. The Labute approximate surface area is 115 Å². The van der Waals surface area contributed by atoms with Crippen molar-refractivity contribution < 1.29 is 18.8 Å². The van der Waals surface area contributed by atoms with Gasteiger partial charge in [-0.05, 0) is 30.7 Å². The third-order valence-corrected chi connectivity index (χ3v) is 2.70. The van der Waals surface area contributed by atoms with Crippen LogP contribution >= 0.6 is 0 Å². The largest absolute Gasteiger partial charge is 0.454 e. The molecule has 1 N–H and O–H groups in total. The maximum absolute atomic E-state index is 11.7. The minimum Gasteiger partial charge on any atom is -0.454 e. The molecule has 0 aliphatic carbocycles. The fraction of sp³-hybridized carbons (Fsp3) is 0.143. The summed E-state index contributed by atoms with van der Waals surface area (Å²) in [6, 6.07) is 7.11. The van der Waals surface area contributed by atoms with Crippen molar-refractivity contribution in [2.24, 2.45) is 0 Å². The number of nitrogens with zero attached hydrogens (tertiary/aromatic N) is 1.